The van der Waals surface area contributed by atoms with E-state index in [1.54, 1.807) is 0 Å². The number of carbonyl (C=O) groups is 2. The summed E-state index contributed by atoms with van der Waals surface area (Å²) < 4.78 is 9.30. The molecule has 0 saturated heterocycles. The molecule has 0 fully saturated rings. The van der Waals surface area contributed by atoms with Crippen LogP contribution in [-0.4, -0.2) is 26.2 Å². The summed E-state index contributed by atoms with van der Waals surface area (Å²) in [5.74, 6) is -0.928. The van der Waals surface area contributed by atoms with Crippen LogP contribution in [0.5, 0.6) is 0 Å². The van der Waals surface area contributed by atoms with E-state index < -0.39 is 0 Å². The van der Waals surface area contributed by atoms with Crippen molar-refractivity contribution >= 4 is 11.9 Å². The van der Waals surface area contributed by atoms with Crippen LogP contribution in [0.25, 0.3) is 0 Å². The van der Waals surface area contributed by atoms with Gasteiger partial charge in [0, 0.05) is 0 Å². The predicted molar refractivity (Wildman–Crippen MR) is 60.8 cm³/mol. The van der Waals surface area contributed by atoms with Gasteiger partial charge in [0.15, 0.2) is 0 Å². The Hall–Kier alpha value is -1.06. The smallest absolute Gasteiger partial charge is 0.309 e. The Morgan fingerprint density at radius 3 is 2.25 bits per heavy atom. The molecule has 0 aromatic rings. The summed E-state index contributed by atoms with van der Waals surface area (Å²) >= 11 is 0. The van der Waals surface area contributed by atoms with Crippen molar-refractivity contribution in [3.05, 3.63) is 0 Å². The maximum absolute atomic E-state index is 11.5. The zero-order chi connectivity index (χ0) is 12.6. The van der Waals surface area contributed by atoms with Gasteiger partial charge in [0.05, 0.1) is 26.6 Å². The minimum Gasteiger partial charge on any atom is -0.469 e. The summed E-state index contributed by atoms with van der Waals surface area (Å²) in [5, 5.41) is 0. The number of hydrogen-bond acceptors (Lipinski definition) is 4. The lowest BCUT2D eigenvalue weighted by atomic mass is 9.87. The zero-order valence-corrected chi connectivity index (χ0v) is 10.6. The maximum Gasteiger partial charge on any atom is 0.309 e. The van der Waals surface area contributed by atoms with Gasteiger partial charge in [-0.05, 0) is 12.3 Å². The molecular formula is C12H22O4. The van der Waals surface area contributed by atoms with Crippen molar-refractivity contribution in [2.75, 3.05) is 14.2 Å². The molecule has 0 N–H and O–H groups in total. The number of unbranched alkanes of at least 4 members (excludes halogenated alkanes) is 1. The van der Waals surface area contributed by atoms with Crippen LogP contribution < -0.4 is 0 Å². The average molecular weight is 230 g/mol. The van der Waals surface area contributed by atoms with Gasteiger partial charge in [-0.2, -0.15) is 0 Å². The van der Waals surface area contributed by atoms with Gasteiger partial charge < -0.3 is 9.47 Å². The van der Waals surface area contributed by atoms with Crippen LogP contribution in [-0.2, 0) is 19.1 Å². The molecule has 0 spiro atoms. The van der Waals surface area contributed by atoms with Gasteiger partial charge in [-0.3, -0.25) is 9.59 Å². The normalized spacial score (nSPS) is 14.0. The van der Waals surface area contributed by atoms with Crippen LogP contribution in [0, 0.1) is 11.8 Å². The molecule has 0 saturated carbocycles. The van der Waals surface area contributed by atoms with Crippen LogP contribution >= 0.6 is 0 Å². The molecule has 4 heteroatoms. The van der Waals surface area contributed by atoms with Gasteiger partial charge in [-0.1, -0.05) is 26.7 Å². The van der Waals surface area contributed by atoms with E-state index in [0.29, 0.717) is 0 Å². The van der Waals surface area contributed by atoms with Gasteiger partial charge in [0.25, 0.3) is 0 Å². The van der Waals surface area contributed by atoms with Crippen molar-refractivity contribution in [1.29, 1.82) is 0 Å². The van der Waals surface area contributed by atoms with Gasteiger partial charge in [-0.15, -0.1) is 0 Å². The quantitative estimate of drug-likeness (QED) is 0.629. The van der Waals surface area contributed by atoms with E-state index in [0.717, 1.165) is 19.3 Å². The highest BCUT2D eigenvalue weighted by Gasteiger charge is 2.28. The summed E-state index contributed by atoms with van der Waals surface area (Å²) in [4.78, 5) is 22.7. The third-order valence-corrected chi connectivity index (χ3v) is 2.82. The minimum atomic E-state index is -0.385. The first kappa shape index (κ1) is 14.9. The van der Waals surface area contributed by atoms with Gasteiger partial charge >= 0.3 is 11.9 Å². The predicted octanol–water partition coefficient (Wildman–Crippen LogP) is 2.17. The first-order valence-corrected chi connectivity index (χ1v) is 5.71. The zero-order valence-electron chi connectivity index (χ0n) is 10.6. The van der Waals surface area contributed by atoms with E-state index in [2.05, 4.69) is 11.7 Å². The monoisotopic (exact) mass is 230 g/mol. The number of hydrogen-bond donors (Lipinski definition) is 0. The highest BCUT2D eigenvalue weighted by Crippen LogP contribution is 2.23. The van der Waals surface area contributed by atoms with Crippen LogP contribution in [0.3, 0.4) is 0 Å². The largest absolute Gasteiger partial charge is 0.469 e. The molecule has 0 aliphatic carbocycles. The Bertz CT molecular complexity index is 225. The van der Waals surface area contributed by atoms with Crippen molar-refractivity contribution in [3.8, 4) is 0 Å². The molecule has 16 heavy (non-hydrogen) atoms. The second-order valence-electron chi connectivity index (χ2n) is 4.03. The first-order valence-electron chi connectivity index (χ1n) is 5.71. The topological polar surface area (TPSA) is 52.6 Å². The second kappa shape index (κ2) is 8.13. The Morgan fingerprint density at radius 2 is 1.81 bits per heavy atom. The molecule has 0 aromatic heterocycles. The molecule has 0 aliphatic heterocycles. The molecule has 0 aliphatic rings. The first-order chi connectivity index (χ1) is 7.56. The summed E-state index contributed by atoms with van der Waals surface area (Å²) in [6.07, 6.45) is 3.16. The molecule has 94 valence electrons. The highest BCUT2D eigenvalue weighted by atomic mass is 16.5. The number of esters is 2. The molecule has 0 amide bonds. The van der Waals surface area contributed by atoms with Crippen LogP contribution in [0.2, 0.25) is 0 Å². The molecule has 0 aromatic carbocycles. The standard InChI is InChI=1S/C12H22O4/c1-5-6-7-9(2)10(12(14)16-4)8-11(13)15-3/h9-10H,5-8H2,1-4H3. The fourth-order valence-corrected chi connectivity index (χ4v) is 1.66. The van der Waals surface area contributed by atoms with Crippen molar-refractivity contribution < 1.29 is 19.1 Å². The maximum atomic E-state index is 11.5. The van der Waals surface area contributed by atoms with Gasteiger partial charge in [0.1, 0.15) is 0 Å². The van der Waals surface area contributed by atoms with E-state index in [9.17, 15) is 9.59 Å². The third-order valence-electron chi connectivity index (χ3n) is 2.82. The molecule has 0 radical (unpaired) electrons. The van der Waals surface area contributed by atoms with Crippen LogP contribution in [0.15, 0.2) is 0 Å². The molecule has 4 nitrogen and oxygen atoms in total. The molecule has 2 atom stereocenters. The fraction of sp³-hybridized carbons (Fsp3) is 0.833. The lowest BCUT2D eigenvalue weighted by molar-refractivity contribution is -0.154. The number of methoxy groups -OCH3 is 2. The SMILES string of the molecule is CCCCC(C)C(CC(=O)OC)C(=O)OC. The van der Waals surface area contributed by atoms with Crippen molar-refractivity contribution in [1.82, 2.24) is 0 Å². The molecule has 0 rings (SSSR count). The molecule has 0 bridgehead atoms. The highest BCUT2D eigenvalue weighted by molar-refractivity contribution is 5.80. The second-order valence-corrected chi connectivity index (χ2v) is 4.03. The van der Waals surface area contributed by atoms with Crippen molar-refractivity contribution in [2.45, 2.75) is 39.5 Å². The summed E-state index contributed by atoms with van der Waals surface area (Å²) in [7, 11) is 2.67. The Morgan fingerprint density at radius 1 is 1.19 bits per heavy atom. The van der Waals surface area contributed by atoms with Crippen molar-refractivity contribution in [3.63, 3.8) is 0 Å². The Kier molecular flexibility index (Phi) is 7.60. The number of carbonyl (C=O) groups excluding carboxylic acids is 2. The van der Waals surface area contributed by atoms with E-state index >= 15 is 0 Å². The molecule has 0 heterocycles. The van der Waals surface area contributed by atoms with E-state index in [1.807, 2.05) is 6.92 Å². The number of rotatable bonds is 7. The lowest BCUT2D eigenvalue weighted by Gasteiger charge is -2.20. The van der Waals surface area contributed by atoms with Crippen LogP contribution in [0.1, 0.15) is 39.5 Å². The van der Waals surface area contributed by atoms with Crippen LogP contribution in [0.4, 0.5) is 0 Å². The molecular weight excluding hydrogens is 208 g/mol. The van der Waals surface area contributed by atoms with Gasteiger partial charge in [0.2, 0.25) is 0 Å². The Balaban J connectivity index is 4.40. The van der Waals surface area contributed by atoms with E-state index in [1.165, 1.54) is 14.2 Å². The van der Waals surface area contributed by atoms with Gasteiger partial charge in [-0.25, -0.2) is 0 Å². The summed E-state index contributed by atoms with van der Waals surface area (Å²) in [6.45, 7) is 4.07. The summed E-state index contributed by atoms with van der Waals surface area (Å²) in [6, 6.07) is 0. The lowest BCUT2D eigenvalue weighted by Crippen LogP contribution is -2.26. The Labute approximate surface area is 97.3 Å². The van der Waals surface area contributed by atoms with E-state index in [4.69, 9.17) is 4.74 Å². The minimum absolute atomic E-state index is 0.105. The van der Waals surface area contributed by atoms with E-state index in [-0.39, 0.29) is 30.2 Å². The number of ether oxygens (including phenoxy) is 2. The van der Waals surface area contributed by atoms with Crippen molar-refractivity contribution in [2.24, 2.45) is 11.8 Å². The fourth-order valence-electron chi connectivity index (χ4n) is 1.66. The third kappa shape index (κ3) is 5.14. The average Bonchev–Trinajstić information content (AvgIpc) is 2.31. The summed E-state index contributed by atoms with van der Waals surface area (Å²) in [5.41, 5.74) is 0. The molecule has 2 unspecified atom stereocenters.